The number of para-hydroxylation sites is 1. The first-order chi connectivity index (χ1) is 24.4. The van der Waals surface area contributed by atoms with E-state index in [-0.39, 0.29) is 64.8 Å². The molecule has 0 unspecified atom stereocenters. The van der Waals surface area contributed by atoms with Gasteiger partial charge >= 0.3 is 11.7 Å². The van der Waals surface area contributed by atoms with Crippen molar-refractivity contribution in [3.05, 3.63) is 88.4 Å². The maximum atomic E-state index is 16.2. The minimum Gasteiger partial charge on any atom is -0.382 e. The van der Waals surface area contributed by atoms with E-state index in [1.165, 1.54) is 28.8 Å². The van der Waals surface area contributed by atoms with Gasteiger partial charge in [0.15, 0.2) is 5.65 Å². The average molecular weight is 704 g/mol. The number of carbonyl (C=O) groups is 2. The van der Waals surface area contributed by atoms with Crippen LogP contribution in [0.5, 0.6) is 0 Å². The molecule has 2 N–H and O–H groups in total. The summed E-state index contributed by atoms with van der Waals surface area (Å²) in [5.74, 6) is -1.64. The number of urea groups is 1. The van der Waals surface area contributed by atoms with E-state index in [1.54, 1.807) is 12.0 Å². The molecule has 1 saturated heterocycles. The Morgan fingerprint density at radius 3 is 2.55 bits per heavy atom. The zero-order chi connectivity index (χ0) is 36.8. The summed E-state index contributed by atoms with van der Waals surface area (Å²) in [6, 6.07) is 9.89. The van der Waals surface area contributed by atoms with Gasteiger partial charge in [-0.2, -0.15) is 4.98 Å². The van der Waals surface area contributed by atoms with Crippen LogP contribution in [0.3, 0.4) is 0 Å². The van der Waals surface area contributed by atoms with E-state index < -0.39 is 23.4 Å². The second-order valence-electron chi connectivity index (χ2n) is 12.6. The van der Waals surface area contributed by atoms with Gasteiger partial charge in [0, 0.05) is 50.6 Å². The number of nitrogens with zero attached hydrogens (tertiary/aromatic N) is 5. The molecule has 3 amide bonds. The molecule has 5 rings (SSSR count). The summed E-state index contributed by atoms with van der Waals surface area (Å²) in [6.07, 6.45) is 1.26. The molecule has 1 aliphatic rings. The smallest absolute Gasteiger partial charge is 0.355 e. The molecular weight excluding hydrogens is 660 g/mol. The van der Waals surface area contributed by atoms with Crippen molar-refractivity contribution in [3.63, 3.8) is 0 Å². The first kappa shape index (κ1) is 37.1. The largest absolute Gasteiger partial charge is 0.382 e. The van der Waals surface area contributed by atoms with E-state index in [0.717, 1.165) is 17.2 Å². The second-order valence-corrected chi connectivity index (χ2v) is 12.6. The van der Waals surface area contributed by atoms with Crippen LogP contribution in [0.1, 0.15) is 37.8 Å². The SMILES string of the molecule is C=CC(=O)N1CCN(c2nc(=O)n(-c3c(C)cccc3C(C)C)c3nc(-c4ccc(NC(=O)NCCOCCOC)cc4F)c(F)cc23)[C@@H](C)C1. The highest BCUT2D eigenvalue weighted by Crippen LogP contribution is 2.35. The fourth-order valence-electron chi connectivity index (χ4n) is 6.21. The Kier molecular flexibility index (Phi) is 11.8. The predicted octanol–water partition coefficient (Wildman–Crippen LogP) is 5.17. The topological polar surface area (TPSA) is 131 Å². The third-order valence-corrected chi connectivity index (χ3v) is 8.75. The third kappa shape index (κ3) is 8.07. The highest BCUT2D eigenvalue weighted by atomic mass is 19.1. The number of fused-ring (bicyclic) bond motifs is 1. The molecule has 2 aromatic heterocycles. The van der Waals surface area contributed by atoms with Gasteiger partial charge in [-0.3, -0.25) is 4.79 Å². The van der Waals surface area contributed by atoms with Gasteiger partial charge in [0.2, 0.25) is 5.91 Å². The molecule has 51 heavy (non-hydrogen) atoms. The molecule has 0 saturated carbocycles. The molecule has 1 fully saturated rings. The van der Waals surface area contributed by atoms with Gasteiger partial charge < -0.3 is 29.9 Å². The summed E-state index contributed by atoms with van der Waals surface area (Å²) in [6.45, 7) is 13.7. The van der Waals surface area contributed by atoms with Crippen LogP contribution in [0, 0.1) is 18.6 Å². The van der Waals surface area contributed by atoms with E-state index in [2.05, 4.69) is 27.2 Å². The van der Waals surface area contributed by atoms with Gasteiger partial charge in [-0.25, -0.2) is 27.9 Å². The molecule has 12 nitrogen and oxygen atoms in total. The number of pyridine rings is 1. The number of halogens is 2. The molecule has 1 aliphatic heterocycles. The van der Waals surface area contributed by atoms with E-state index in [1.807, 2.05) is 50.8 Å². The number of aryl methyl sites for hydroxylation is 1. The lowest BCUT2D eigenvalue weighted by molar-refractivity contribution is -0.126. The number of carbonyl (C=O) groups excluding carboxylic acids is 2. The summed E-state index contributed by atoms with van der Waals surface area (Å²) in [5.41, 5.74) is 1.32. The number of hydrogen-bond donors (Lipinski definition) is 2. The van der Waals surface area contributed by atoms with Crippen molar-refractivity contribution in [1.29, 1.82) is 0 Å². The van der Waals surface area contributed by atoms with Crippen LogP contribution in [-0.2, 0) is 14.3 Å². The summed E-state index contributed by atoms with van der Waals surface area (Å²) < 4.78 is 43.5. The van der Waals surface area contributed by atoms with Crippen molar-refractivity contribution in [3.8, 4) is 16.9 Å². The lowest BCUT2D eigenvalue weighted by Crippen LogP contribution is -2.54. The first-order valence-electron chi connectivity index (χ1n) is 16.8. The van der Waals surface area contributed by atoms with Crippen molar-refractivity contribution in [2.75, 3.05) is 63.3 Å². The van der Waals surface area contributed by atoms with Crippen molar-refractivity contribution in [1.82, 2.24) is 24.8 Å². The predicted molar refractivity (Wildman–Crippen MR) is 193 cm³/mol. The highest BCUT2D eigenvalue weighted by molar-refractivity contribution is 5.92. The van der Waals surface area contributed by atoms with Crippen LogP contribution in [0.4, 0.5) is 25.1 Å². The lowest BCUT2D eigenvalue weighted by Gasteiger charge is -2.40. The number of anilines is 2. The zero-order valence-electron chi connectivity index (χ0n) is 29.5. The molecule has 0 radical (unpaired) electrons. The van der Waals surface area contributed by atoms with E-state index in [0.29, 0.717) is 38.5 Å². The third-order valence-electron chi connectivity index (χ3n) is 8.75. The average Bonchev–Trinajstić information content (AvgIpc) is 3.09. The zero-order valence-corrected chi connectivity index (χ0v) is 29.5. The van der Waals surface area contributed by atoms with Crippen LogP contribution in [0.15, 0.2) is 59.9 Å². The number of nitrogens with one attached hydrogen (secondary N) is 2. The summed E-state index contributed by atoms with van der Waals surface area (Å²) >= 11 is 0. The number of rotatable bonds is 12. The Labute approximate surface area is 295 Å². The molecule has 2 aromatic carbocycles. The van der Waals surface area contributed by atoms with Gasteiger partial charge in [-0.15, -0.1) is 0 Å². The number of amides is 3. The lowest BCUT2D eigenvalue weighted by atomic mass is 9.98. The molecule has 0 spiro atoms. The van der Waals surface area contributed by atoms with Gasteiger partial charge in [-0.05, 0) is 61.2 Å². The Hall–Kier alpha value is -5.21. The molecule has 4 aromatic rings. The number of ether oxygens (including phenoxy) is 2. The Bertz CT molecular complexity index is 2000. The van der Waals surface area contributed by atoms with Crippen molar-refractivity contribution in [2.45, 2.75) is 39.7 Å². The second kappa shape index (κ2) is 16.2. The molecule has 0 bridgehead atoms. The molecule has 0 aliphatic carbocycles. The van der Waals surface area contributed by atoms with Crippen LogP contribution < -0.4 is 21.2 Å². The summed E-state index contributed by atoms with van der Waals surface area (Å²) in [4.78, 5) is 51.5. The van der Waals surface area contributed by atoms with Crippen LogP contribution in [0.2, 0.25) is 0 Å². The van der Waals surface area contributed by atoms with Crippen molar-refractivity contribution >= 4 is 34.5 Å². The molecule has 270 valence electrons. The monoisotopic (exact) mass is 703 g/mol. The van der Waals surface area contributed by atoms with Gasteiger partial charge in [0.1, 0.15) is 23.1 Å². The summed E-state index contributed by atoms with van der Waals surface area (Å²) in [5, 5.41) is 5.43. The van der Waals surface area contributed by atoms with E-state index in [9.17, 15) is 14.4 Å². The number of methoxy groups -OCH3 is 1. The van der Waals surface area contributed by atoms with Crippen LogP contribution >= 0.6 is 0 Å². The standard InChI is InChI=1S/C37H43F2N7O5/c1-7-31(47)44-14-15-45(24(5)21-44)34-28-20-30(39)32(27-12-11-25(19-29(27)38)41-36(48)40-13-16-51-18-17-50-6)42-35(28)46(37(49)43-34)33-23(4)9-8-10-26(33)22(2)3/h7-12,19-20,22,24H,1,13-18,21H2,2-6H3,(H2,40,41,48)/t24-/m0/s1. The van der Waals surface area contributed by atoms with Crippen LogP contribution in [0.25, 0.3) is 28.0 Å². The van der Waals surface area contributed by atoms with E-state index >= 15 is 8.78 Å². The first-order valence-corrected chi connectivity index (χ1v) is 16.8. The Balaban J connectivity index is 1.58. The fraction of sp³-hybridized carbons (Fsp3) is 0.378. The maximum absolute atomic E-state index is 16.2. The minimum atomic E-state index is -0.833. The normalized spacial score (nSPS) is 14.6. The number of piperazine rings is 1. The van der Waals surface area contributed by atoms with E-state index in [4.69, 9.17) is 9.47 Å². The maximum Gasteiger partial charge on any atom is 0.355 e. The van der Waals surface area contributed by atoms with Gasteiger partial charge in [-0.1, -0.05) is 38.6 Å². The molecule has 1 atom stereocenters. The van der Waals surface area contributed by atoms with Gasteiger partial charge in [0.25, 0.3) is 0 Å². The number of hydrogen-bond acceptors (Lipinski definition) is 8. The summed E-state index contributed by atoms with van der Waals surface area (Å²) in [7, 11) is 1.56. The number of benzene rings is 2. The Morgan fingerprint density at radius 2 is 1.86 bits per heavy atom. The molecular formula is C37H43F2N7O5. The van der Waals surface area contributed by atoms with Crippen LogP contribution in [-0.4, -0.2) is 90.5 Å². The fourth-order valence-corrected chi connectivity index (χ4v) is 6.21. The highest BCUT2D eigenvalue weighted by Gasteiger charge is 2.30. The number of aromatic nitrogens is 3. The minimum absolute atomic E-state index is 0.00909. The Morgan fingerprint density at radius 1 is 1.08 bits per heavy atom. The molecule has 14 heteroatoms. The van der Waals surface area contributed by atoms with Gasteiger partial charge in [0.05, 0.1) is 30.9 Å². The quantitative estimate of drug-likeness (QED) is 0.153. The molecule has 3 heterocycles. The van der Waals surface area contributed by atoms with Crippen molar-refractivity contribution in [2.24, 2.45) is 0 Å². The van der Waals surface area contributed by atoms with Crippen molar-refractivity contribution < 1.29 is 27.8 Å².